The summed E-state index contributed by atoms with van der Waals surface area (Å²) in [5.41, 5.74) is 2.37. The number of benzene rings is 1. The second kappa shape index (κ2) is 4.89. The molecule has 1 heterocycles. The molecule has 2 rings (SSSR count). The summed E-state index contributed by atoms with van der Waals surface area (Å²) in [6, 6.07) is 8.66. The maximum atomic E-state index is 11.2. The Labute approximate surface area is 104 Å². The van der Waals surface area contributed by atoms with Crippen molar-refractivity contribution in [2.24, 2.45) is 0 Å². The minimum Gasteiger partial charge on any atom is -0.360 e. The Balaban J connectivity index is 2.20. The third kappa shape index (κ3) is 2.39. The van der Waals surface area contributed by atoms with Crippen LogP contribution in [0.2, 0.25) is 0 Å². The quantitative estimate of drug-likeness (QED) is 0.683. The summed E-state index contributed by atoms with van der Waals surface area (Å²) in [5, 5.41) is 25.3. The lowest BCUT2D eigenvalue weighted by atomic mass is 10.1. The number of anilines is 2. The topological polar surface area (TPSA) is 101 Å². The van der Waals surface area contributed by atoms with Gasteiger partial charge in [-0.3, -0.25) is 0 Å². The van der Waals surface area contributed by atoms with Crippen LogP contribution in [0.1, 0.15) is 5.56 Å². The van der Waals surface area contributed by atoms with Gasteiger partial charge in [0.1, 0.15) is 17.7 Å². The molecule has 0 aromatic heterocycles. The van der Waals surface area contributed by atoms with Crippen molar-refractivity contribution in [3.63, 3.8) is 0 Å². The summed E-state index contributed by atoms with van der Waals surface area (Å²) in [6.45, 7) is 0.485. The minimum absolute atomic E-state index is 0.0153. The number of carbonyl (C=O) groups is 1. The van der Waals surface area contributed by atoms with E-state index in [9.17, 15) is 4.79 Å². The maximum absolute atomic E-state index is 11.2. The highest BCUT2D eigenvalue weighted by Crippen LogP contribution is 2.23. The number of hydrogen-bond acceptors (Lipinski definition) is 4. The molecule has 6 nitrogen and oxygen atoms in total. The summed E-state index contributed by atoms with van der Waals surface area (Å²) >= 11 is 0. The number of nitrogens with one attached hydrogen (secondary N) is 3. The first-order valence-corrected chi connectivity index (χ1v) is 5.17. The number of nitrogens with zero attached hydrogens (tertiary/aromatic N) is 2. The molecule has 6 heteroatoms. The van der Waals surface area contributed by atoms with E-state index in [4.69, 9.17) is 10.5 Å². The Morgan fingerprint density at radius 1 is 1.39 bits per heavy atom. The van der Waals surface area contributed by atoms with E-state index in [0.29, 0.717) is 17.9 Å². The Kier molecular flexibility index (Phi) is 3.13. The lowest BCUT2D eigenvalue weighted by molar-refractivity contribution is 0.251. The van der Waals surface area contributed by atoms with E-state index in [1.807, 2.05) is 6.07 Å². The van der Waals surface area contributed by atoms with Crippen molar-refractivity contribution in [3.8, 4) is 12.1 Å². The number of hydrogen-bond donors (Lipinski definition) is 3. The van der Waals surface area contributed by atoms with Gasteiger partial charge in [-0.25, -0.2) is 4.79 Å². The van der Waals surface area contributed by atoms with Gasteiger partial charge in [-0.2, -0.15) is 10.5 Å². The third-order valence-electron chi connectivity index (χ3n) is 2.42. The van der Waals surface area contributed by atoms with Crippen LogP contribution in [0.25, 0.3) is 0 Å². The summed E-state index contributed by atoms with van der Waals surface area (Å²) in [4.78, 5) is 11.2. The number of allylic oxidation sites excluding steroid dienone is 1. The van der Waals surface area contributed by atoms with E-state index in [1.165, 1.54) is 6.20 Å². The molecule has 0 atom stereocenters. The molecule has 0 spiro atoms. The molecule has 0 saturated carbocycles. The first-order chi connectivity index (χ1) is 8.72. The monoisotopic (exact) mass is 239 g/mol. The molecule has 0 saturated heterocycles. The van der Waals surface area contributed by atoms with E-state index in [2.05, 4.69) is 16.0 Å². The highest BCUT2D eigenvalue weighted by atomic mass is 16.2. The van der Waals surface area contributed by atoms with Crippen LogP contribution in [0, 0.1) is 22.7 Å². The summed E-state index contributed by atoms with van der Waals surface area (Å²) in [5.74, 6) is 0. The first-order valence-electron chi connectivity index (χ1n) is 5.17. The maximum Gasteiger partial charge on any atom is 0.319 e. The van der Waals surface area contributed by atoms with Gasteiger partial charge >= 0.3 is 6.03 Å². The molecule has 0 unspecified atom stereocenters. The van der Waals surface area contributed by atoms with Gasteiger partial charge in [0.05, 0.1) is 0 Å². The highest BCUT2D eigenvalue weighted by Gasteiger charge is 2.13. The smallest absolute Gasteiger partial charge is 0.319 e. The van der Waals surface area contributed by atoms with Gasteiger partial charge in [-0.05, 0) is 17.7 Å². The molecule has 2 amide bonds. The molecule has 1 aromatic carbocycles. The van der Waals surface area contributed by atoms with Crippen LogP contribution in [0.3, 0.4) is 0 Å². The number of rotatable bonds is 2. The molecule has 1 aromatic rings. The molecule has 0 bridgehead atoms. The Bertz CT molecular complexity index is 590. The zero-order valence-corrected chi connectivity index (χ0v) is 9.32. The second-order valence-electron chi connectivity index (χ2n) is 3.61. The normalized spacial score (nSPS) is 12.0. The molecule has 3 N–H and O–H groups in total. The molecular weight excluding hydrogens is 230 g/mol. The van der Waals surface area contributed by atoms with E-state index in [1.54, 1.807) is 24.3 Å². The Morgan fingerprint density at radius 3 is 2.89 bits per heavy atom. The van der Waals surface area contributed by atoms with Gasteiger partial charge < -0.3 is 16.0 Å². The Morgan fingerprint density at radius 2 is 2.17 bits per heavy atom. The van der Waals surface area contributed by atoms with Crippen molar-refractivity contribution in [2.75, 3.05) is 10.6 Å². The van der Waals surface area contributed by atoms with E-state index in [-0.39, 0.29) is 11.6 Å². The summed E-state index contributed by atoms with van der Waals surface area (Å²) in [6.07, 6.45) is 1.32. The van der Waals surface area contributed by atoms with Gasteiger partial charge in [-0.1, -0.05) is 6.07 Å². The van der Waals surface area contributed by atoms with Gasteiger partial charge in [0.25, 0.3) is 0 Å². The zero-order chi connectivity index (χ0) is 13.0. The fraction of sp³-hybridized carbons (Fsp3) is 0.0833. The molecule has 0 aliphatic carbocycles. The predicted molar refractivity (Wildman–Crippen MR) is 65.2 cm³/mol. The standard InChI is InChI=1S/C12H9N5O/c13-4-8(5-14)6-15-10-2-1-9-7-16-12(18)17-11(9)3-10/h1-3,6,15H,7H2,(H2,16,17,18). The second-order valence-corrected chi connectivity index (χ2v) is 3.61. The van der Waals surface area contributed by atoms with Crippen LogP contribution < -0.4 is 16.0 Å². The molecule has 0 radical (unpaired) electrons. The number of fused-ring (bicyclic) bond motifs is 1. The van der Waals surface area contributed by atoms with E-state index < -0.39 is 0 Å². The average molecular weight is 239 g/mol. The zero-order valence-electron chi connectivity index (χ0n) is 9.32. The molecule has 18 heavy (non-hydrogen) atoms. The molecular formula is C12H9N5O. The van der Waals surface area contributed by atoms with Crippen molar-refractivity contribution in [2.45, 2.75) is 6.54 Å². The van der Waals surface area contributed by atoms with Crippen LogP contribution in [-0.4, -0.2) is 6.03 Å². The lowest BCUT2D eigenvalue weighted by Crippen LogP contribution is -2.33. The van der Waals surface area contributed by atoms with Crippen LogP contribution in [0.4, 0.5) is 16.2 Å². The van der Waals surface area contributed by atoms with Gasteiger partial charge in [0.15, 0.2) is 0 Å². The third-order valence-corrected chi connectivity index (χ3v) is 2.42. The first kappa shape index (κ1) is 11.5. The van der Waals surface area contributed by atoms with Crippen molar-refractivity contribution < 1.29 is 4.79 Å². The average Bonchev–Trinajstić information content (AvgIpc) is 2.39. The molecule has 1 aliphatic rings. The van der Waals surface area contributed by atoms with Crippen LogP contribution >= 0.6 is 0 Å². The number of amides is 2. The lowest BCUT2D eigenvalue weighted by Gasteiger charge is -2.18. The van der Waals surface area contributed by atoms with Crippen molar-refractivity contribution >= 4 is 17.4 Å². The van der Waals surface area contributed by atoms with Crippen molar-refractivity contribution in [1.82, 2.24) is 5.32 Å². The molecule has 1 aliphatic heterocycles. The van der Waals surface area contributed by atoms with E-state index in [0.717, 1.165) is 5.56 Å². The largest absolute Gasteiger partial charge is 0.360 e. The molecule has 0 fully saturated rings. The minimum atomic E-state index is -0.245. The highest BCUT2D eigenvalue weighted by molar-refractivity contribution is 5.92. The van der Waals surface area contributed by atoms with Crippen LogP contribution in [0.5, 0.6) is 0 Å². The van der Waals surface area contributed by atoms with Crippen LogP contribution in [0.15, 0.2) is 30.0 Å². The Hall–Kier alpha value is -2.99. The van der Waals surface area contributed by atoms with Crippen molar-refractivity contribution in [1.29, 1.82) is 10.5 Å². The van der Waals surface area contributed by atoms with E-state index >= 15 is 0 Å². The predicted octanol–water partition coefficient (Wildman–Crippen LogP) is 1.66. The number of urea groups is 1. The van der Waals surface area contributed by atoms with Gasteiger partial charge in [0, 0.05) is 24.1 Å². The SMILES string of the molecule is N#CC(C#N)=CNc1ccc2c(c1)NC(=O)NC2. The van der Waals surface area contributed by atoms with Gasteiger partial charge in [-0.15, -0.1) is 0 Å². The summed E-state index contributed by atoms with van der Waals surface area (Å²) in [7, 11) is 0. The fourth-order valence-electron chi connectivity index (χ4n) is 1.52. The fourth-order valence-corrected chi connectivity index (χ4v) is 1.52. The summed E-state index contributed by atoms with van der Waals surface area (Å²) < 4.78 is 0. The van der Waals surface area contributed by atoms with Gasteiger partial charge in [0.2, 0.25) is 0 Å². The number of nitriles is 2. The van der Waals surface area contributed by atoms with Crippen molar-refractivity contribution in [3.05, 3.63) is 35.5 Å². The van der Waals surface area contributed by atoms with Crippen LogP contribution in [-0.2, 0) is 6.54 Å². The molecule has 88 valence electrons. The number of carbonyl (C=O) groups excluding carboxylic acids is 1.